The van der Waals surface area contributed by atoms with Crippen molar-refractivity contribution in [3.63, 3.8) is 0 Å². The quantitative estimate of drug-likeness (QED) is 0.762. The third kappa shape index (κ3) is 4.30. The van der Waals surface area contributed by atoms with Gasteiger partial charge in [-0.25, -0.2) is 9.98 Å². The van der Waals surface area contributed by atoms with E-state index in [1.165, 1.54) is 0 Å². The summed E-state index contributed by atoms with van der Waals surface area (Å²) in [6.07, 6.45) is 1.77. The van der Waals surface area contributed by atoms with E-state index in [0.717, 1.165) is 22.5 Å². The molecule has 7 heteroatoms. The Labute approximate surface area is 177 Å². The standard InChI is InChI=1S/C23H26N4O3/c1-15(2)19-14-24-23(26-27(19)16(3)17-10-8-7-9-11-17)25-18-12-20(28-4)22(30-6)21(13-18)29-5/h7-14H,3H2,1-2,4-6H3,(H,25,26). The summed E-state index contributed by atoms with van der Waals surface area (Å²) in [7, 11) is 4.70. The second-order valence-corrected chi connectivity index (χ2v) is 6.72. The molecule has 3 rings (SSSR count). The molecule has 0 amide bonds. The maximum absolute atomic E-state index is 5.41. The van der Waals surface area contributed by atoms with E-state index >= 15 is 0 Å². The van der Waals surface area contributed by atoms with Crippen LogP contribution in [0.3, 0.4) is 0 Å². The van der Waals surface area contributed by atoms with Gasteiger partial charge in [0.25, 0.3) is 0 Å². The lowest BCUT2D eigenvalue weighted by Gasteiger charge is -2.32. The van der Waals surface area contributed by atoms with Crippen molar-refractivity contribution in [2.24, 2.45) is 9.98 Å². The molecule has 2 aromatic rings. The lowest BCUT2D eigenvalue weighted by molar-refractivity contribution is 0.324. The van der Waals surface area contributed by atoms with Crippen molar-refractivity contribution in [1.82, 2.24) is 10.4 Å². The van der Waals surface area contributed by atoms with Crippen LogP contribution < -0.4 is 19.6 Å². The number of ether oxygens (including phenoxy) is 3. The minimum Gasteiger partial charge on any atom is -0.493 e. The molecule has 7 nitrogen and oxygen atoms in total. The number of nitrogens with zero attached hydrogens (tertiary/aromatic N) is 3. The van der Waals surface area contributed by atoms with E-state index in [9.17, 15) is 0 Å². The Hall–Kier alpha value is -3.74. The van der Waals surface area contributed by atoms with Gasteiger partial charge >= 0.3 is 0 Å². The predicted octanol–water partition coefficient (Wildman–Crippen LogP) is 4.56. The first-order chi connectivity index (χ1) is 14.5. The van der Waals surface area contributed by atoms with E-state index in [2.05, 4.69) is 22.0 Å². The van der Waals surface area contributed by atoms with E-state index < -0.39 is 0 Å². The summed E-state index contributed by atoms with van der Waals surface area (Å²) in [5.74, 6) is 1.96. The minimum atomic E-state index is 0.409. The first-order valence-electron chi connectivity index (χ1n) is 9.39. The largest absolute Gasteiger partial charge is 0.493 e. The van der Waals surface area contributed by atoms with Crippen molar-refractivity contribution in [2.45, 2.75) is 13.8 Å². The smallest absolute Gasteiger partial charge is 0.242 e. The van der Waals surface area contributed by atoms with Crippen LogP contribution in [-0.2, 0) is 0 Å². The molecule has 0 atom stereocenters. The van der Waals surface area contributed by atoms with Crippen molar-refractivity contribution >= 4 is 23.6 Å². The number of allylic oxidation sites excluding steroid dienone is 2. The van der Waals surface area contributed by atoms with Crippen molar-refractivity contribution in [1.29, 1.82) is 0 Å². The molecular weight excluding hydrogens is 380 g/mol. The molecule has 1 N–H and O–H groups in total. The Bertz CT molecular complexity index is 997. The zero-order chi connectivity index (χ0) is 21.7. The fourth-order valence-electron chi connectivity index (χ4n) is 3.00. The third-order valence-electron chi connectivity index (χ3n) is 4.54. The van der Waals surface area contributed by atoms with Gasteiger partial charge in [-0.1, -0.05) is 36.9 Å². The van der Waals surface area contributed by atoms with Gasteiger partial charge in [-0.2, -0.15) is 0 Å². The lowest BCUT2D eigenvalue weighted by Crippen LogP contribution is -2.43. The molecule has 0 bridgehead atoms. The van der Waals surface area contributed by atoms with Gasteiger partial charge in [0, 0.05) is 12.1 Å². The lowest BCUT2D eigenvalue weighted by atomic mass is 10.1. The fourth-order valence-corrected chi connectivity index (χ4v) is 3.00. The van der Waals surface area contributed by atoms with Crippen LogP contribution in [0.5, 0.6) is 17.2 Å². The fraction of sp³-hybridized carbons (Fsp3) is 0.217. The normalized spacial score (nSPS) is 14.4. The zero-order valence-electron chi connectivity index (χ0n) is 17.9. The summed E-state index contributed by atoms with van der Waals surface area (Å²) in [6, 6.07) is 13.5. The van der Waals surface area contributed by atoms with Gasteiger partial charge in [-0.15, -0.1) is 0 Å². The number of nitrogens with one attached hydrogen (secondary N) is 1. The van der Waals surface area contributed by atoms with E-state index in [1.54, 1.807) is 39.7 Å². The van der Waals surface area contributed by atoms with Crippen LogP contribution in [0.25, 0.3) is 5.70 Å². The number of hydrogen-bond acceptors (Lipinski definition) is 5. The van der Waals surface area contributed by atoms with E-state index in [-0.39, 0.29) is 0 Å². The van der Waals surface area contributed by atoms with Gasteiger partial charge in [0.1, 0.15) is 0 Å². The molecule has 0 aliphatic carbocycles. The second kappa shape index (κ2) is 9.17. The van der Waals surface area contributed by atoms with E-state index in [0.29, 0.717) is 28.9 Å². The summed E-state index contributed by atoms with van der Waals surface area (Å²) in [5.41, 5.74) is 7.64. The molecule has 1 aliphatic heterocycles. The molecule has 1 aliphatic rings. The molecular formula is C23H26N4O3. The van der Waals surface area contributed by atoms with Crippen LogP contribution in [0, 0.1) is 0 Å². The molecule has 0 aromatic heterocycles. The average molecular weight is 406 g/mol. The van der Waals surface area contributed by atoms with Gasteiger partial charge in [-0.05, 0) is 25.0 Å². The van der Waals surface area contributed by atoms with Crippen molar-refractivity contribution in [3.8, 4) is 17.2 Å². The Morgan fingerprint density at radius 2 is 1.63 bits per heavy atom. The Kier molecular flexibility index (Phi) is 6.41. The molecule has 2 aromatic carbocycles. The van der Waals surface area contributed by atoms with Crippen molar-refractivity contribution < 1.29 is 14.2 Å². The van der Waals surface area contributed by atoms with Crippen LogP contribution in [0.4, 0.5) is 5.69 Å². The summed E-state index contributed by atoms with van der Waals surface area (Å²) in [5, 5.41) is 1.88. The Balaban J connectivity index is 2.00. The van der Waals surface area contributed by atoms with Crippen molar-refractivity contribution in [2.75, 3.05) is 21.3 Å². The van der Waals surface area contributed by atoms with Gasteiger partial charge in [0.15, 0.2) is 11.5 Å². The minimum absolute atomic E-state index is 0.409. The van der Waals surface area contributed by atoms with Crippen LogP contribution >= 0.6 is 0 Å². The molecule has 0 fully saturated rings. The Morgan fingerprint density at radius 1 is 1.00 bits per heavy atom. The number of guanidine groups is 1. The SMILES string of the molecule is C=C(c1ccccc1)N1NC(=Nc2cc(OC)c(OC)c(OC)c2)N=CC1=C(C)C. The number of methoxy groups -OCH3 is 3. The summed E-state index contributed by atoms with van der Waals surface area (Å²) < 4.78 is 16.2. The van der Waals surface area contributed by atoms with Gasteiger partial charge in [0.05, 0.1) is 44.6 Å². The van der Waals surface area contributed by atoms with Gasteiger partial charge < -0.3 is 14.2 Å². The maximum atomic E-state index is 5.41. The van der Waals surface area contributed by atoms with Crippen LogP contribution in [0.2, 0.25) is 0 Å². The van der Waals surface area contributed by atoms with Crippen LogP contribution in [0.15, 0.2) is 70.3 Å². The number of hydrogen-bond donors (Lipinski definition) is 1. The molecule has 0 saturated heterocycles. The highest BCUT2D eigenvalue weighted by Crippen LogP contribution is 2.41. The van der Waals surface area contributed by atoms with Crippen molar-refractivity contribution in [3.05, 3.63) is 65.9 Å². The van der Waals surface area contributed by atoms with Gasteiger partial charge in [0.2, 0.25) is 11.7 Å². The summed E-state index contributed by atoms with van der Waals surface area (Å²) in [4.78, 5) is 9.09. The Morgan fingerprint density at radius 3 is 2.17 bits per heavy atom. The first-order valence-corrected chi connectivity index (χ1v) is 9.39. The van der Waals surface area contributed by atoms with E-state index in [4.69, 9.17) is 14.2 Å². The molecule has 0 radical (unpaired) electrons. The highest BCUT2D eigenvalue weighted by Gasteiger charge is 2.21. The van der Waals surface area contributed by atoms with Crippen LogP contribution in [0.1, 0.15) is 19.4 Å². The number of rotatable bonds is 6. The summed E-state index contributed by atoms with van der Waals surface area (Å²) >= 11 is 0. The first kappa shape index (κ1) is 21.0. The molecule has 156 valence electrons. The molecule has 1 heterocycles. The molecule has 0 unspecified atom stereocenters. The van der Waals surface area contributed by atoms with E-state index in [1.807, 2.05) is 49.2 Å². The average Bonchev–Trinajstić information content (AvgIpc) is 2.78. The number of hydrazine groups is 1. The van der Waals surface area contributed by atoms with Gasteiger partial charge in [-0.3, -0.25) is 10.4 Å². The topological polar surface area (TPSA) is 67.7 Å². The monoisotopic (exact) mass is 406 g/mol. The second-order valence-electron chi connectivity index (χ2n) is 6.72. The van der Waals surface area contributed by atoms with Crippen LogP contribution in [-0.4, -0.2) is 38.5 Å². The highest BCUT2D eigenvalue weighted by atomic mass is 16.5. The number of aliphatic imine (C=N–C) groups is 2. The molecule has 0 spiro atoms. The zero-order valence-corrected chi connectivity index (χ0v) is 17.9. The summed E-state index contributed by atoms with van der Waals surface area (Å²) in [6.45, 7) is 8.30. The maximum Gasteiger partial charge on any atom is 0.242 e. The molecule has 0 saturated carbocycles. The molecule has 30 heavy (non-hydrogen) atoms. The third-order valence-corrected chi connectivity index (χ3v) is 4.54. The predicted molar refractivity (Wildman–Crippen MR) is 121 cm³/mol. The number of benzene rings is 2. The highest BCUT2D eigenvalue weighted by molar-refractivity contribution is 5.99.